The largest absolute Gasteiger partial charge is 0.0885 e. The fraction of sp³-hybridized carbons (Fsp3) is 0.917. The van der Waals surface area contributed by atoms with Gasteiger partial charge in [0.25, 0.3) is 0 Å². The number of allylic oxidation sites excluding steroid dienone is 2. The molecule has 0 fully saturated rings. The first kappa shape index (κ1) is 21.8. The van der Waals surface area contributed by atoms with Crippen LogP contribution in [-0.2, 0) is 0 Å². The minimum absolute atomic E-state index is 1.32. The Balaban J connectivity index is 2.05. The molecule has 0 aromatic rings. The van der Waals surface area contributed by atoms with Gasteiger partial charge in [0, 0.05) is 0 Å². The minimum atomic E-state index is 1.32. The van der Waals surface area contributed by atoms with Crippen LogP contribution in [0, 0.1) is 0 Å². The summed E-state index contributed by atoms with van der Waals surface area (Å²) in [5.74, 6) is 0. The number of rotatable bonds is 0. The van der Waals surface area contributed by atoms with Crippen molar-refractivity contribution in [1.82, 2.24) is 0 Å². The third kappa shape index (κ3) is 16.6. The molecule has 0 amide bonds. The summed E-state index contributed by atoms with van der Waals surface area (Å²) >= 11 is 0. The van der Waals surface area contributed by atoms with Gasteiger partial charge in [-0.05, 0) is 25.7 Å². The Bertz CT molecular complexity index is 227. The zero-order valence-corrected chi connectivity index (χ0v) is 16.7. The summed E-state index contributed by atoms with van der Waals surface area (Å²) in [7, 11) is 0. The van der Waals surface area contributed by atoms with E-state index in [2.05, 4.69) is 12.2 Å². The first-order valence-electron chi connectivity index (χ1n) is 11.6. The number of hydrogen-bond acceptors (Lipinski definition) is 0. The molecule has 0 aliphatic heterocycles. The maximum absolute atomic E-state index is 2.44. The first-order valence-corrected chi connectivity index (χ1v) is 11.6. The van der Waals surface area contributed by atoms with Crippen LogP contribution in [0.3, 0.4) is 0 Å². The lowest BCUT2D eigenvalue weighted by atomic mass is 10.0. The zero-order chi connectivity index (χ0) is 17.0. The van der Waals surface area contributed by atoms with E-state index in [1.54, 1.807) is 0 Å². The minimum Gasteiger partial charge on any atom is -0.0885 e. The molecule has 1 rings (SSSR count). The Hall–Kier alpha value is -0.260. The lowest BCUT2D eigenvalue weighted by molar-refractivity contribution is 0.520. The van der Waals surface area contributed by atoms with Crippen LogP contribution in [0.15, 0.2) is 12.2 Å². The normalized spacial score (nSPS) is 23.3. The van der Waals surface area contributed by atoms with Gasteiger partial charge in [0.2, 0.25) is 0 Å². The highest BCUT2D eigenvalue weighted by atomic mass is 14.0. The lowest BCUT2D eigenvalue weighted by Gasteiger charge is -2.04. The van der Waals surface area contributed by atoms with Gasteiger partial charge >= 0.3 is 0 Å². The van der Waals surface area contributed by atoms with E-state index in [-0.39, 0.29) is 0 Å². The Morgan fingerprint density at radius 2 is 0.375 bits per heavy atom. The monoisotopic (exact) mass is 334 g/mol. The van der Waals surface area contributed by atoms with Crippen molar-refractivity contribution in [3.05, 3.63) is 12.2 Å². The fourth-order valence-electron chi connectivity index (χ4n) is 3.94. The summed E-state index contributed by atoms with van der Waals surface area (Å²) in [6.45, 7) is 0. The average Bonchev–Trinajstić information content (AvgIpc) is 2.59. The molecule has 0 atom stereocenters. The van der Waals surface area contributed by atoms with Crippen LogP contribution in [0.2, 0.25) is 0 Å². The van der Waals surface area contributed by atoms with Crippen molar-refractivity contribution in [2.45, 2.75) is 141 Å². The van der Waals surface area contributed by atoms with Gasteiger partial charge in [-0.15, -0.1) is 0 Å². The van der Waals surface area contributed by atoms with Gasteiger partial charge in [-0.1, -0.05) is 128 Å². The summed E-state index contributed by atoms with van der Waals surface area (Å²) in [4.78, 5) is 0. The highest BCUT2D eigenvalue weighted by molar-refractivity contribution is 4.81. The molecule has 0 saturated heterocycles. The summed E-state index contributed by atoms with van der Waals surface area (Å²) in [5, 5.41) is 0. The molecule has 0 aromatic heterocycles. The SMILES string of the molecule is C1=CCCCCCCCCCCCCCCCCCCCCCC1. The van der Waals surface area contributed by atoms with E-state index in [0.717, 1.165) is 0 Å². The van der Waals surface area contributed by atoms with Gasteiger partial charge in [-0.2, -0.15) is 0 Å². The summed E-state index contributed by atoms with van der Waals surface area (Å²) in [5.41, 5.74) is 0. The molecule has 1 aliphatic carbocycles. The highest BCUT2D eigenvalue weighted by Crippen LogP contribution is 2.15. The highest BCUT2D eigenvalue weighted by Gasteiger charge is 1.96. The van der Waals surface area contributed by atoms with Crippen LogP contribution in [0.5, 0.6) is 0 Å². The summed E-state index contributed by atoms with van der Waals surface area (Å²) in [6, 6.07) is 0. The molecule has 0 nitrogen and oxygen atoms in total. The van der Waals surface area contributed by atoms with Gasteiger partial charge in [-0.25, -0.2) is 0 Å². The van der Waals surface area contributed by atoms with Gasteiger partial charge in [0.15, 0.2) is 0 Å². The van der Waals surface area contributed by atoms with Gasteiger partial charge in [0.05, 0.1) is 0 Å². The van der Waals surface area contributed by atoms with Crippen LogP contribution in [0.4, 0.5) is 0 Å². The molecule has 0 N–H and O–H groups in total. The molecule has 0 aromatic carbocycles. The fourth-order valence-corrected chi connectivity index (χ4v) is 3.94. The standard InChI is InChI=1S/C24H46/c1-2-4-6-8-10-12-14-16-18-20-22-24-23-21-19-17-15-13-11-9-7-5-3-1/h1-2H,3-24H2. The van der Waals surface area contributed by atoms with E-state index in [4.69, 9.17) is 0 Å². The third-order valence-corrected chi connectivity index (χ3v) is 5.66. The number of hydrogen-bond donors (Lipinski definition) is 0. The summed E-state index contributed by atoms with van der Waals surface area (Å²) < 4.78 is 0. The van der Waals surface area contributed by atoms with Crippen molar-refractivity contribution in [1.29, 1.82) is 0 Å². The molecule has 0 heterocycles. The quantitative estimate of drug-likeness (QED) is 0.387. The van der Waals surface area contributed by atoms with Crippen LogP contribution in [0.25, 0.3) is 0 Å². The van der Waals surface area contributed by atoms with Crippen LogP contribution in [-0.4, -0.2) is 0 Å². The van der Waals surface area contributed by atoms with Crippen molar-refractivity contribution >= 4 is 0 Å². The predicted molar refractivity (Wildman–Crippen MR) is 111 cm³/mol. The zero-order valence-electron chi connectivity index (χ0n) is 16.7. The van der Waals surface area contributed by atoms with Gasteiger partial charge in [-0.3, -0.25) is 0 Å². The molecule has 0 unspecified atom stereocenters. The second-order valence-corrected chi connectivity index (χ2v) is 8.12. The first-order chi connectivity index (χ1) is 12.0. The van der Waals surface area contributed by atoms with E-state index in [0.29, 0.717) is 0 Å². The molecular weight excluding hydrogens is 288 g/mol. The van der Waals surface area contributed by atoms with E-state index in [1.165, 1.54) is 141 Å². The molecule has 0 saturated carbocycles. The predicted octanol–water partition coefficient (Wildman–Crippen LogP) is 9.14. The van der Waals surface area contributed by atoms with E-state index < -0.39 is 0 Å². The Labute approximate surface area is 153 Å². The molecule has 24 heavy (non-hydrogen) atoms. The van der Waals surface area contributed by atoms with Crippen LogP contribution < -0.4 is 0 Å². The average molecular weight is 335 g/mol. The lowest BCUT2D eigenvalue weighted by Crippen LogP contribution is -1.84. The maximum Gasteiger partial charge on any atom is -0.0351 e. The van der Waals surface area contributed by atoms with Crippen molar-refractivity contribution in [3.8, 4) is 0 Å². The smallest absolute Gasteiger partial charge is 0.0351 e. The topological polar surface area (TPSA) is 0 Å². The molecular formula is C24H46. The van der Waals surface area contributed by atoms with Crippen molar-refractivity contribution in [2.24, 2.45) is 0 Å². The Morgan fingerprint density at radius 3 is 0.583 bits per heavy atom. The van der Waals surface area contributed by atoms with Crippen molar-refractivity contribution < 1.29 is 0 Å². The molecule has 0 spiro atoms. The second kappa shape index (κ2) is 19.1. The molecule has 142 valence electrons. The maximum atomic E-state index is 2.44. The molecule has 0 heteroatoms. The van der Waals surface area contributed by atoms with E-state index >= 15 is 0 Å². The Kier molecular flexibility index (Phi) is 17.3. The van der Waals surface area contributed by atoms with E-state index in [1.807, 2.05) is 0 Å². The second-order valence-electron chi connectivity index (χ2n) is 8.12. The van der Waals surface area contributed by atoms with E-state index in [9.17, 15) is 0 Å². The molecule has 0 bridgehead atoms. The summed E-state index contributed by atoms with van der Waals surface area (Å²) in [6.07, 6.45) is 37.0. The van der Waals surface area contributed by atoms with Crippen molar-refractivity contribution in [3.63, 3.8) is 0 Å². The van der Waals surface area contributed by atoms with Gasteiger partial charge in [0.1, 0.15) is 0 Å². The van der Waals surface area contributed by atoms with Crippen LogP contribution in [0.1, 0.15) is 141 Å². The Morgan fingerprint density at radius 1 is 0.208 bits per heavy atom. The third-order valence-electron chi connectivity index (χ3n) is 5.66. The van der Waals surface area contributed by atoms with Crippen molar-refractivity contribution in [2.75, 3.05) is 0 Å². The molecule has 0 radical (unpaired) electrons. The molecule has 1 aliphatic rings. The van der Waals surface area contributed by atoms with Crippen LogP contribution >= 0.6 is 0 Å². The van der Waals surface area contributed by atoms with Gasteiger partial charge < -0.3 is 0 Å².